The topological polar surface area (TPSA) is 29.1 Å². The molecule has 4 aromatic rings. The second kappa shape index (κ2) is 8.24. The largest absolute Gasteiger partial charge is 0.340 e. The van der Waals surface area contributed by atoms with Gasteiger partial charge in [0, 0.05) is 5.56 Å². The Morgan fingerprint density at radius 1 is 0.786 bits per heavy atom. The second-order valence-electron chi connectivity index (χ2n) is 6.76. The molecule has 0 aliphatic heterocycles. The molecule has 3 aromatic carbocycles. The Balaban J connectivity index is 1.66. The highest BCUT2D eigenvalue weighted by Gasteiger charge is 2.21. The Labute approximate surface area is 169 Å². The number of nitrogens with one attached hydrogen (secondary N) is 1. The quantitative estimate of drug-likeness (QED) is 0.434. The maximum atomic E-state index is 13.2. The molecule has 4 rings (SSSR count). The van der Waals surface area contributed by atoms with Crippen LogP contribution >= 0.6 is 11.3 Å². The highest BCUT2D eigenvalue weighted by atomic mass is 32.1. The molecule has 1 heterocycles. The van der Waals surface area contributed by atoms with Crippen molar-refractivity contribution in [1.82, 2.24) is 5.32 Å². The minimum absolute atomic E-state index is 0.0525. The van der Waals surface area contributed by atoms with Crippen molar-refractivity contribution < 1.29 is 4.79 Å². The van der Waals surface area contributed by atoms with Crippen LogP contribution in [0.25, 0.3) is 11.1 Å². The van der Waals surface area contributed by atoms with Gasteiger partial charge in [-0.15, -0.1) is 11.3 Å². The van der Waals surface area contributed by atoms with E-state index in [1.165, 1.54) is 16.9 Å². The Bertz CT molecular complexity index is 1010. The van der Waals surface area contributed by atoms with Crippen molar-refractivity contribution in [3.8, 4) is 11.1 Å². The molecule has 1 aromatic heterocycles. The summed E-state index contributed by atoms with van der Waals surface area (Å²) < 4.78 is 0. The van der Waals surface area contributed by atoms with Crippen LogP contribution < -0.4 is 5.32 Å². The normalized spacial score (nSPS) is 10.8. The first-order chi connectivity index (χ1) is 13.7. The number of hydrogen-bond donors (Lipinski definition) is 1. The first kappa shape index (κ1) is 18.2. The third-order valence-corrected chi connectivity index (χ3v) is 5.69. The summed E-state index contributed by atoms with van der Waals surface area (Å²) in [6.07, 6.45) is 0. The van der Waals surface area contributed by atoms with Gasteiger partial charge in [-0.05, 0) is 35.1 Å². The van der Waals surface area contributed by atoms with Crippen molar-refractivity contribution in [3.05, 3.63) is 118 Å². The number of carbonyl (C=O) groups is 1. The molecule has 0 aliphatic carbocycles. The molecule has 0 atom stereocenters. The summed E-state index contributed by atoms with van der Waals surface area (Å²) >= 11 is 1.48. The maximum absolute atomic E-state index is 13.2. The van der Waals surface area contributed by atoms with E-state index >= 15 is 0 Å². The van der Waals surface area contributed by atoms with Crippen LogP contribution in [-0.4, -0.2) is 5.91 Å². The van der Waals surface area contributed by atoms with Gasteiger partial charge >= 0.3 is 0 Å². The van der Waals surface area contributed by atoms with Crippen molar-refractivity contribution in [3.63, 3.8) is 0 Å². The van der Waals surface area contributed by atoms with Crippen LogP contribution in [-0.2, 0) is 0 Å². The fourth-order valence-electron chi connectivity index (χ4n) is 3.29. The van der Waals surface area contributed by atoms with Crippen molar-refractivity contribution in [2.24, 2.45) is 0 Å². The molecule has 1 amide bonds. The van der Waals surface area contributed by atoms with Gasteiger partial charge in [-0.2, -0.15) is 0 Å². The van der Waals surface area contributed by atoms with E-state index in [0.717, 1.165) is 27.1 Å². The van der Waals surface area contributed by atoms with Gasteiger partial charge in [-0.25, -0.2) is 0 Å². The van der Waals surface area contributed by atoms with E-state index in [9.17, 15) is 4.79 Å². The molecule has 0 spiro atoms. The number of benzene rings is 3. The molecule has 138 valence electrons. The first-order valence-corrected chi connectivity index (χ1v) is 10.2. The predicted molar refractivity (Wildman–Crippen MR) is 117 cm³/mol. The number of rotatable bonds is 5. The fourth-order valence-corrected chi connectivity index (χ4v) is 4.11. The Kier molecular flexibility index (Phi) is 5.36. The van der Waals surface area contributed by atoms with E-state index < -0.39 is 0 Å². The zero-order valence-electron chi connectivity index (χ0n) is 15.6. The number of carbonyl (C=O) groups excluding carboxylic acids is 1. The lowest BCUT2D eigenvalue weighted by molar-refractivity contribution is 0.0947. The summed E-state index contributed by atoms with van der Waals surface area (Å²) in [4.78, 5) is 14.0. The first-order valence-electron chi connectivity index (χ1n) is 9.27. The SMILES string of the molecule is Cc1ccc(-c2ccsc2C(=O)NC(c2ccccc2)c2ccccc2)cc1. The van der Waals surface area contributed by atoms with Gasteiger partial charge < -0.3 is 5.32 Å². The summed E-state index contributed by atoms with van der Waals surface area (Å²) in [5.74, 6) is -0.0525. The lowest BCUT2D eigenvalue weighted by atomic mass is 9.98. The summed E-state index contributed by atoms with van der Waals surface area (Å²) in [6.45, 7) is 2.06. The molecule has 2 nitrogen and oxygen atoms in total. The highest BCUT2D eigenvalue weighted by molar-refractivity contribution is 7.12. The minimum atomic E-state index is -0.192. The monoisotopic (exact) mass is 383 g/mol. The third-order valence-electron chi connectivity index (χ3n) is 4.78. The van der Waals surface area contributed by atoms with Gasteiger partial charge in [0.05, 0.1) is 10.9 Å². The maximum Gasteiger partial charge on any atom is 0.262 e. The average molecular weight is 384 g/mol. The summed E-state index contributed by atoms with van der Waals surface area (Å²) in [5.41, 5.74) is 5.37. The molecule has 0 saturated heterocycles. The molecule has 3 heteroatoms. The van der Waals surface area contributed by atoms with E-state index in [1.54, 1.807) is 0 Å². The zero-order valence-corrected chi connectivity index (χ0v) is 16.4. The summed E-state index contributed by atoms with van der Waals surface area (Å²) in [6, 6.07) is 30.3. The zero-order chi connectivity index (χ0) is 19.3. The van der Waals surface area contributed by atoms with Crippen LogP contribution in [0.15, 0.2) is 96.4 Å². The third kappa shape index (κ3) is 3.90. The number of amides is 1. The highest BCUT2D eigenvalue weighted by Crippen LogP contribution is 2.30. The van der Waals surface area contributed by atoms with Gasteiger partial charge in [0.2, 0.25) is 0 Å². The van der Waals surface area contributed by atoms with Crippen LogP contribution in [0.2, 0.25) is 0 Å². The number of hydrogen-bond acceptors (Lipinski definition) is 2. The molecular weight excluding hydrogens is 362 g/mol. The number of thiophene rings is 1. The minimum Gasteiger partial charge on any atom is -0.340 e. The van der Waals surface area contributed by atoms with E-state index in [1.807, 2.05) is 72.1 Å². The average Bonchev–Trinajstić information content (AvgIpc) is 3.24. The van der Waals surface area contributed by atoms with Gasteiger partial charge in [0.1, 0.15) is 0 Å². The Morgan fingerprint density at radius 3 is 1.93 bits per heavy atom. The van der Waals surface area contributed by atoms with Crippen LogP contribution in [0.4, 0.5) is 0 Å². The van der Waals surface area contributed by atoms with Crippen molar-refractivity contribution in [2.45, 2.75) is 13.0 Å². The van der Waals surface area contributed by atoms with E-state index in [0.29, 0.717) is 0 Å². The van der Waals surface area contributed by atoms with Gasteiger partial charge in [-0.1, -0.05) is 90.5 Å². The van der Waals surface area contributed by atoms with Crippen molar-refractivity contribution >= 4 is 17.2 Å². The molecule has 0 aliphatic rings. The van der Waals surface area contributed by atoms with E-state index in [-0.39, 0.29) is 11.9 Å². The molecule has 0 unspecified atom stereocenters. The Hall–Kier alpha value is -3.17. The smallest absolute Gasteiger partial charge is 0.262 e. The fraction of sp³-hybridized carbons (Fsp3) is 0.0800. The Morgan fingerprint density at radius 2 is 1.36 bits per heavy atom. The van der Waals surface area contributed by atoms with Gasteiger partial charge in [0.25, 0.3) is 5.91 Å². The van der Waals surface area contributed by atoms with Crippen LogP contribution in [0.5, 0.6) is 0 Å². The van der Waals surface area contributed by atoms with Gasteiger partial charge in [0.15, 0.2) is 0 Å². The molecular formula is C25H21NOS. The molecule has 0 bridgehead atoms. The van der Waals surface area contributed by atoms with Crippen LogP contribution in [0.1, 0.15) is 32.4 Å². The predicted octanol–water partition coefficient (Wildman–Crippen LogP) is 6.24. The summed E-state index contributed by atoms with van der Waals surface area (Å²) in [5, 5.41) is 5.22. The molecule has 0 saturated carbocycles. The van der Waals surface area contributed by atoms with E-state index in [2.05, 4.69) is 36.5 Å². The van der Waals surface area contributed by atoms with Gasteiger partial charge in [-0.3, -0.25) is 4.79 Å². The second-order valence-corrected chi connectivity index (χ2v) is 7.67. The molecule has 28 heavy (non-hydrogen) atoms. The van der Waals surface area contributed by atoms with Crippen LogP contribution in [0, 0.1) is 6.92 Å². The van der Waals surface area contributed by atoms with Crippen molar-refractivity contribution in [1.29, 1.82) is 0 Å². The summed E-state index contributed by atoms with van der Waals surface area (Å²) in [7, 11) is 0. The lowest BCUT2D eigenvalue weighted by Crippen LogP contribution is -2.29. The number of aryl methyl sites for hydroxylation is 1. The molecule has 0 fully saturated rings. The molecule has 1 N–H and O–H groups in total. The van der Waals surface area contributed by atoms with Crippen molar-refractivity contribution in [2.75, 3.05) is 0 Å². The van der Waals surface area contributed by atoms with E-state index in [4.69, 9.17) is 0 Å². The molecule has 0 radical (unpaired) electrons. The standard InChI is InChI=1S/C25H21NOS/c1-18-12-14-19(15-13-18)22-16-17-28-24(22)25(27)26-23(20-8-4-2-5-9-20)21-10-6-3-7-11-21/h2-17,23H,1H3,(H,26,27). The lowest BCUT2D eigenvalue weighted by Gasteiger charge is -2.20. The van der Waals surface area contributed by atoms with Crippen LogP contribution in [0.3, 0.4) is 0 Å².